The summed E-state index contributed by atoms with van der Waals surface area (Å²) in [6, 6.07) is 90.2. The molecule has 0 radical (unpaired) electrons. The van der Waals surface area contributed by atoms with Gasteiger partial charge in [-0.1, -0.05) is 206 Å². The van der Waals surface area contributed by atoms with Crippen molar-refractivity contribution < 1.29 is 4.42 Å². The SMILES string of the molecule is c1ccc(-c2ccc(N(c3ccc(-c4ccccc4)cc3)c3c4c(cc5oc6ccccc6c35)C(c3ccccc3)(c3ccccc3)c3cc(-c5ccccc5)ccc3-4)cc2)cc1. The Morgan fingerprint density at radius 3 is 1.29 bits per heavy atom. The molecule has 11 aromatic rings. The molecule has 0 fully saturated rings. The number of hydrogen-bond donors (Lipinski definition) is 0. The number of para-hydroxylation sites is 1. The van der Waals surface area contributed by atoms with Crippen LogP contribution >= 0.6 is 0 Å². The molecule has 0 unspecified atom stereocenters. The fraction of sp³-hybridized carbons (Fsp3) is 0.0164. The highest BCUT2D eigenvalue weighted by Gasteiger charge is 2.49. The lowest BCUT2D eigenvalue weighted by molar-refractivity contribution is 0.666. The van der Waals surface area contributed by atoms with Crippen molar-refractivity contribution in [1.82, 2.24) is 0 Å². The summed E-state index contributed by atoms with van der Waals surface area (Å²) < 4.78 is 7.02. The van der Waals surface area contributed by atoms with Gasteiger partial charge in [0.05, 0.1) is 16.5 Å². The Kier molecular flexibility index (Phi) is 8.76. The van der Waals surface area contributed by atoms with E-state index in [1.165, 1.54) is 66.8 Å². The van der Waals surface area contributed by atoms with E-state index in [1.54, 1.807) is 0 Å². The molecular weight excluding hydrogens is 763 g/mol. The zero-order chi connectivity index (χ0) is 41.7. The van der Waals surface area contributed by atoms with Gasteiger partial charge < -0.3 is 9.32 Å². The number of fused-ring (bicyclic) bond motifs is 6. The van der Waals surface area contributed by atoms with Crippen molar-refractivity contribution >= 4 is 39.0 Å². The van der Waals surface area contributed by atoms with Crippen LogP contribution in [0.5, 0.6) is 0 Å². The van der Waals surface area contributed by atoms with Gasteiger partial charge in [-0.3, -0.25) is 0 Å². The van der Waals surface area contributed by atoms with Gasteiger partial charge in [0.15, 0.2) is 0 Å². The maximum absolute atomic E-state index is 7.02. The first kappa shape index (κ1) is 36.6. The van der Waals surface area contributed by atoms with E-state index in [4.69, 9.17) is 4.42 Å². The van der Waals surface area contributed by atoms with Gasteiger partial charge >= 0.3 is 0 Å². The predicted molar refractivity (Wildman–Crippen MR) is 262 cm³/mol. The molecule has 63 heavy (non-hydrogen) atoms. The largest absolute Gasteiger partial charge is 0.456 e. The van der Waals surface area contributed by atoms with Crippen molar-refractivity contribution in [3.8, 4) is 44.5 Å². The molecular formula is C61H41NO. The fourth-order valence-electron chi connectivity index (χ4n) is 10.1. The summed E-state index contributed by atoms with van der Waals surface area (Å²) >= 11 is 0. The summed E-state index contributed by atoms with van der Waals surface area (Å²) in [7, 11) is 0. The highest BCUT2D eigenvalue weighted by Crippen LogP contribution is 2.62. The van der Waals surface area contributed by atoms with Crippen LogP contribution in [0.15, 0.2) is 253 Å². The Balaban J connectivity index is 1.22. The molecule has 2 heteroatoms. The van der Waals surface area contributed by atoms with E-state index >= 15 is 0 Å². The minimum atomic E-state index is -0.681. The average Bonchev–Trinajstić information content (AvgIpc) is 3.89. The van der Waals surface area contributed by atoms with E-state index < -0.39 is 5.41 Å². The van der Waals surface area contributed by atoms with E-state index in [-0.39, 0.29) is 0 Å². The van der Waals surface area contributed by atoms with Crippen molar-refractivity contribution in [3.05, 3.63) is 271 Å². The van der Waals surface area contributed by atoms with Crippen molar-refractivity contribution in [2.24, 2.45) is 0 Å². The van der Waals surface area contributed by atoms with Gasteiger partial charge in [-0.2, -0.15) is 0 Å². The minimum absolute atomic E-state index is 0.681. The number of hydrogen-bond acceptors (Lipinski definition) is 2. The highest BCUT2D eigenvalue weighted by molar-refractivity contribution is 6.19. The van der Waals surface area contributed by atoms with Crippen LogP contribution in [0.2, 0.25) is 0 Å². The van der Waals surface area contributed by atoms with Crippen LogP contribution in [-0.4, -0.2) is 0 Å². The van der Waals surface area contributed by atoms with Gasteiger partial charge in [0, 0.05) is 22.3 Å². The number of anilines is 3. The zero-order valence-electron chi connectivity index (χ0n) is 34.5. The molecule has 296 valence electrons. The Morgan fingerprint density at radius 1 is 0.333 bits per heavy atom. The van der Waals surface area contributed by atoms with Gasteiger partial charge in [0.25, 0.3) is 0 Å². The molecule has 0 amide bonds. The highest BCUT2D eigenvalue weighted by atomic mass is 16.3. The summed E-state index contributed by atoms with van der Waals surface area (Å²) in [5.74, 6) is 0. The number of furan rings is 1. The smallest absolute Gasteiger partial charge is 0.137 e. The average molecular weight is 804 g/mol. The third-order valence-electron chi connectivity index (χ3n) is 12.9. The molecule has 2 nitrogen and oxygen atoms in total. The van der Waals surface area contributed by atoms with Crippen molar-refractivity contribution in [1.29, 1.82) is 0 Å². The van der Waals surface area contributed by atoms with Crippen molar-refractivity contribution in [3.63, 3.8) is 0 Å². The monoisotopic (exact) mass is 803 g/mol. The minimum Gasteiger partial charge on any atom is -0.456 e. The molecule has 0 aliphatic heterocycles. The van der Waals surface area contributed by atoms with Gasteiger partial charge in [-0.15, -0.1) is 0 Å². The van der Waals surface area contributed by atoms with Crippen LogP contribution in [0, 0.1) is 0 Å². The number of nitrogens with zero attached hydrogens (tertiary/aromatic N) is 1. The molecule has 1 heterocycles. The lowest BCUT2D eigenvalue weighted by Crippen LogP contribution is -2.28. The second kappa shape index (κ2) is 15.1. The molecule has 0 saturated carbocycles. The predicted octanol–water partition coefficient (Wildman–Crippen LogP) is 16.4. The quantitative estimate of drug-likeness (QED) is 0.152. The molecule has 1 aliphatic rings. The Morgan fingerprint density at radius 2 is 0.762 bits per heavy atom. The van der Waals surface area contributed by atoms with Crippen LogP contribution in [0.25, 0.3) is 66.4 Å². The maximum atomic E-state index is 7.02. The van der Waals surface area contributed by atoms with Gasteiger partial charge in [-0.05, 0) is 104 Å². The lowest BCUT2D eigenvalue weighted by atomic mass is 9.67. The van der Waals surface area contributed by atoms with Crippen LogP contribution in [-0.2, 0) is 5.41 Å². The first-order valence-electron chi connectivity index (χ1n) is 21.7. The number of benzene rings is 10. The molecule has 0 bridgehead atoms. The first-order chi connectivity index (χ1) is 31.3. The second-order valence-electron chi connectivity index (χ2n) is 16.4. The first-order valence-corrected chi connectivity index (χ1v) is 21.7. The summed E-state index contributed by atoms with van der Waals surface area (Å²) in [5, 5.41) is 2.16. The van der Waals surface area contributed by atoms with Crippen LogP contribution in [0.4, 0.5) is 17.1 Å². The van der Waals surface area contributed by atoms with E-state index in [2.05, 4.69) is 254 Å². The molecule has 0 saturated heterocycles. The van der Waals surface area contributed by atoms with E-state index in [0.717, 1.165) is 39.0 Å². The summed E-state index contributed by atoms with van der Waals surface area (Å²) in [5.41, 5.74) is 18.5. The Bertz CT molecular complexity index is 3270. The zero-order valence-corrected chi connectivity index (χ0v) is 34.5. The Labute approximate surface area is 367 Å². The Hall–Kier alpha value is -8.20. The molecule has 0 atom stereocenters. The lowest BCUT2D eigenvalue weighted by Gasteiger charge is -2.35. The van der Waals surface area contributed by atoms with Crippen LogP contribution in [0.3, 0.4) is 0 Å². The van der Waals surface area contributed by atoms with Gasteiger partial charge in [-0.25, -0.2) is 0 Å². The fourth-order valence-corrected chi connectivity index (χ4v) is 10.1. The van der Waals surface area contributed by atoms with Crippen molar-refractivity contribution in [2.45, 2.75) is 5.41 Å². The standard InChI is InChI=1S/C61H41NO/c1-6-18-42(19-7-1)45-30-35-50(36-31-45)62(51-37-32-46(33-38-51)43-20-8-2-9-21-43)60-58-52-39-34-47(44-22-10-3-11-23-44)40-54(52)61(48-24-12-4-13-25-48,49-26-14-5-15-27-49)55(58)41-57-59(60)53-28-16-17-29-56(53)63-57/h1-41H. The summed E-state index contributed by atoms with van der Waals surface area (Å²) in [6.45, 7) is 0. The van der Waals surface area contributed by atoms with Gasteiger partial charge in [0.1, 0.15) is 11.2 Å². The number of rotatable bonds is 8. The van der Waals surface area contributed by atoms with Crippen LogP contribution < -0.4 is 4.90 Å². The molecule has 0 spiro atoms. The molecule has 0 N–H and O–H groups in total. The van der Waals surface area contributed by atoms with E-state index in [1.807, 2.05) is 0 Å². The normalized spacial score (nSPS) is 12.6. The molecule has 1 aliphatic carbocycles. The third-order valence-corrected chi connectivity index (χ3v) is 12.9. The van der Waals surface area contributed by atoms with Crippen LogP contribution in [0.1, 0.15) is 22.3 Å². The molecule has 1 aromatic heterocycles. The van der Waals surface area contributed by atoms with E-state index in [0.29, 0.717) is 0 Å². The summed E-state index contributed by atoms with van der Waals surface area (Å²) in [4.78, 5) is 2.48. The maximum Gasteiger partial charge on any atom is 0.137 e. The molecule has 12 rings (SSSR count). The summed E-state index contributed by atoms with van der Waals surface area (Å²) in [6.07, 6.45) is 0. The molecule has 10 aromatic carbocycles. The third kappa shape index (κ3) is 5.95. The van der Waals surface area contributed by atoms with Crippen molar-refractivity contribution in [2.75, 3.05) is 4.90 Å². The van der Waals surface area contributed by atoms with E-state index in [9.17, 15) is 0 Å². The second-order valence-corrected chi connectivity index (χ2v) is 16.4. The topological polar surface area (TPSA) is 16.4 Å². The van der Waals surface area contributed by atoms with Gasteiger partial charge in [0.2, 0.25) is 0 Å².